The first-order valence-electron chi connectivity index (χ1n) is 4.58. The Labute approximate surface area is 79.4 Å². The molecule has 13 heavy (non-hydrogen) atoms. The van der Waals surface area contributed by atoms with Gasteiger partial charge in [0.1, 0.15) is 0 Å². The summed E-state index contributed by atoms with van der Waals surface area (Å²) in [6, 6.07) is 4.40. The Morgan fingerprint density at radius 2 is 2.38 bits per heavy atom. The van der Waals surface area contributed by atoms with Gasteiger partial charge in [-0.3, -0.25) is 4.98 Å². The second-order valence-electron chi connectivity index (χ2n) is 3.27. The van der Waals surface area contributed by atoms with E-state index >= 15 is 0 Å². The van der Waals surface area contributed by atoms with Gasteiger partial charge in [0, 0.05) is 31.0 Å². The van der Waals surface area contributed by atoms with Crippen molar-refractivity contribution in [2.24, 2.45) is 5.73 Å². The van der Waals surface area contributed by atoms with Crippen molar-refractivity contribution in [3.63, 3.8) is 0 Å². The molecule has 3 heteroatoms. The summed E-state index contributed by atoms with van der Waals surface area (Å²) in [4.78, 5) is 4.21. The number of nitrogens with one attached hydrogen (secondary N) is 1. The van der Waals surface area contributed by atoms with Gasteiger partial charge in [-0.2, -0.15) is 0 Å². The van der Waals surface area contributed by atoms with Crippen LogP contribution >= 0.6 is 0 Å². The second-order valence-corrected chi connectivity index (χ2v) is 3.27. The lowest BCUT2D eigenvalue weighted by Crippen LogP contribution is -2.32. The first kappa shape index (κ1) is 10.2. The van der Waals surface area contributed by atoms with Gasteiger partial charge in [0.2, 0.25) is 0 Å². The van der Waals surface area contributed by atoms with E-state index in [0.29, 0.717) is 12.6 Å². The van der Waals surface area contributed by atoms with Gasteiger partial charge in [0.15, 0.2) is 0 Å². The fraction of sp³-hybridized carbons (Fsp3) is 0.500. The van der Waals surface area contributed by atoms with Crippen molar-refractivity contribution in [1.29, 1.82) is 0 Å². The fourth-order valence-corrected chi connectivity index (χ4v) is 1.07. The van der Waals surface area contributed by atoms with Gasteiger partial charge in [-0.15, -0.1) is 0 Å². The van der Waals surface area contributed by atoms with Gasteiger partial charge in [-0.05, 0) is 25.5 Å². The molecule has 0 spiro atoms. The molecule has 0 aliphatic carbocycles. The van der Waals surface area contributed by atoms with E-state index < -0.39 is 0 Å². The Kier molecular flexibility index (Phi) is 3.86. The smallest absolute Gasteiger partial charge is 0.0417 e. The fourth-order valence-electron chi connectivity index (χ4n) is 1.07. The molecular formula is C10H17N3. The quantitative estimate of drug-likeness (QED) is 0.719. The van der Waals surface area contributed by atoms with Crippen LogP contribution in [0.2, 0.25) is 0 Å². The third-order valence-electron chi connectivity index (χ3n) is 2.11. The molecule has 1 aromatic heterocycles. The molecule has 0 unspecified atom stereocenters. The molecule has 1 atom stereocenters. The summed E-state index contributed by atoms with van der Waals surface area (Å²) in [6.45, 7) is 5.60. The molecule has 0 aromatic carbocycles. The summed E-state index contributed by atoms with van der Waals surface area (Å²) in [5.74, 6) is 0. The molecule has 3 nitrogen and oxygen atoms in total. The maximum atomic E-state index is 5.50. The molecule has 0 radical (unpaired) electrons. The predicted molar refractivity (Wildman–Crippen MR) is 54.3 cm³/mol. The number of hydrogen-bond acceptors (Lipinski definition) is 3. The molecule has 0 fully saturated rings. The molecule has 1 aromatic rings. The van der Waals surface area contributed by atoms with Crippen molar-refractivity contribution in [2.45, 2.75) is 26.4 Å². The van der Waals surface area contributed by atoms with Crippen LogP contribution < -0.4 is 11.1 Å². The predicted octanol–water partition coefficient (Wildman–Crippen LogP) is 0.827. The molecule has 72 valence electrons. The monoisotopic (exact) mass is 179 g/mol. The highest BCUT2D eigenvalue weighted by Crippen LogP contribution is 2.02. The van der Waals surface area contributed by atoms with Gasteiger partial charge in [0.25, 0.3) is 0 Å². The SMILES string of the molecule is Cc1ncccc1CN[C@@H](C)CN. The number of pyridine rings is 1. The van der Waals surface area contributed by atoms with Crippen LogP contribution in [0.3, 0.4) is 0 Å². The van der Waals surface area contributed by atoms with Crippen LogP contribution in [-0.2, 0) is 6.54 Å². The van der Waals surface area contributed by atoms with E-state index in [1.165, 1.54) is 5.56 Å². The Hall–Kier alpha value is -0.930. The number of rotatable bonds is 4. The Balaban J connectivity index is 2.50. The number of nitrogens with two attached hydrogens (primary N) is 1. The van der Waals surface area contributed by atoms with Gasteiger partial charge in [0.05, 0.1) is 0 Å². The first-order valence-corrected chi connectivity index (χ1v) is 4.58. The highest BCUT2D eigenvalue weighted by Gasteiger charge is 2.00. The summed E-state index contributed by atoms with van der Waals surface area (Å²) in [5, 5.41) is 3.32. The van der Waals surface area contributed by atoms with E-state index in [4.69, 9.17) is 5.73 Å². The van der Waals surface area contributed by atoms with E-state index in [0.717, 1.165) is 12.2 Å². The molecule has 0 bridgehead atoms. The van der Waals surface area contributed by atoms with Crippen LogP contribution in [0.25, 0.3) is 0 Å². The van der Waals surface area contributed by atoms with Crippen LogP contribution in [0, 0.1) is 6.92 Å². The van der Waals surface area contributed by atoms with Gasteiger partial charge in [-0.1, -0.05) is 6.07 Å². The van der Waals surface area contributed by atoms with Crippen LogP contribution in [0.5, 0.6) is 0 Å². The molecule has 0 aliphatic heterocycles. The zero-order valence-electron chi connectivity index (χ0n) is 8.25. The van der Waals surface area contributed by atoms with E-state index in [1.54, 1.807) is 0 Å². The minimum atomic E-state index is 0.361. The lowest BCUT2D eigenvalue weighted by Gasteiger charge is -2.11. The van der Waals surface area contributed by atoms with E-state index in [1.807, 2.05) is 19.2 Å². The summed E-state index contributed by atoms with van der Waals surface area (Å²) in [6.07, 6.45) is 1.81. The topological polar surface area (TPSA) is 50.9 Å². The van der Waals surface area contributed by atoms with Crippen molar-refractivity contribution in [1.82, 2.24) is 10.3 Å². The second kappa shape index (κ2) is 4.94. The van der Waals surface area contributed by atoms with Crippen molar-refractivity contribution in [3.05, 3.63) is 29.6 Å². The average molecular weight is 179 g/mol. The van der Waals surface area contributed by atoms with Crippen LogP contribution in [-0.4, -0.2) is 17.6 Å². The molecular weight excluding hydrogens is 162 g/mol. The Bertz CT molecular complexity index is 260. The summed E-state index contributed by atoms with van der Waals surface area (Å²) in [7, 11) is 0. The lowest BCUT2D eigenvalue weighted by atomic mass is 10.2. The largest absolute Gasteiger partial charge is 0.329 e. The van der Waals surface area contributed by atoms with E-state index in [9.17, 15) is 0 Å². The normalized spacial score (nSPS) is 12.8. The van der Waals surface area contributed by atoms with E-state index in [2.05, 4.69) is 23.3 Å². The maximum Gasteiger partial charge on any atom is 0.0417 e. The number of aromatic nitrogens is 1. The average Bonchev–Trinajstić information content (AvgIpc) is 2.16. The van der Waals surface area contributed by atoms with Gasteiger partial charge in [-0.25, -0.2) is 0 Å². The van der Waals surface area contributed by atoms with Gasteiger partial charge < -0.3 is 11.1 Å². The molecule has 1 heterocycles. The summed E-state index contributed by atoms with van der Waals surface area (Å²) >= 11 is 0. The van der Waals surface area contributed by atoms with Crippen molar-refractivity contribution < 1.29 is 0 Å². The van der Waals surface area contributed by atoms with Crippen molar-refractivity contribution in [3.8, 4) is 0 Å². The first-order chi connectivity index (χ1) is 6.24. The molecule has 0 saturated carbocycles. The maximum absolute atomic E-state index is 5.50. The van der Waals surface area contributed by atoms with Crippen molar-refractivity contribution >= 4 is 0 Å². The highest BCUT2D eigenvalue weighted by molar-refractivity contribution is 5.17. The zero-order valence-corrected chi connectivity index (χ0v) is 8.25. The molecule has 1 rings (SSSR count). The lowest BCUT2D eigenvalue weighted by molar-refractivity contribution is 0.554. The molecule has 0 aliphatic rings. The highest BCUT2D eigenvalue weighted by atomic mass is 14.9. The van der Waals surface area contributed by atoms with Crippen molar-refractivity contribution in [2.75, 3.05) is 6.54 Å². The summed E-state index contributed by atoms with van der Waals surface area (Å²) < 4.78 is 0. The minimum absolute atomic E-state index is 0.361. The summed E-state index contributed by atoms with van der Waals surface area (Å²) in [5.41, 5.74) is 7.82. The van der Waals surface area contributed by atoms with Crippen LogP contribution in [0.4, 0.5) is 0 Å². The molecule has 0 saturated heterocycles. The van der Waals surface area contributed by atoms with E-state index in [-0.39, 0.29) is 0 Å². The van der Waals surface area contributed by atoms with Crippen LogP contribution in [0.15, 0.2) is 18.3 Å². The third-order valence-corrected chi connectivity index (χ3v) is 2.11. The number of aryl methyl sites for hydroxylation is 1. The Morgan fingerprint density at radius 1 is 1.62 bits per heavy atom. The molecule has 3 N–H and O–H groups in total. The van der Waals surface area contributed by atoms with Crippen LogP contribution in [0.1, 0.15) is 18.2 Å². The standard InChI is InChI=1S/C10H17N3/c1-8(6-11)13-7-10-4-3-5-12-9(10)2/h3-5,8,13H,6-7,11H2,1-2H3/t8-/m0/s1. The number of nitrogens with zero attached hydrogens (tertiary/aromatic N) is 1. The minimum Gasteiger partial charge on any atom is -0.329 e. The third kappa shape index (κ3) is 3.13. The Morgan fingerprint density at radius 3 is 3.00 bits per heavy atom. The molecule has 0 amide bonds. The van der Waals surface area contributed by atoms with Gasteiger partial charge >= 0.3 is 0 Å². The zero-order chi connectivity index (χ0) is 9.68. The number of hydrogen-bond donors (Lipinski definition) is 2.